The van der Waals surface area contributed by atoms with Crippen molar-refractivity contribution in [1.29, 1.82) is 0 Å². The largest absolute Gasteiger partial charge is 0.314 e. The van der Waals surface area contributed by atoms with Gasteiger partial charge in [0.1, 0.15) is 0 Å². The van der Waals surface area contributed by atoms with E-state index in [9.17, 15) is 0 Å². The van der Waals surface area contributed by atoms with E-state index in [4.69, 9.17) is 0 Å². The van der Waals surface area contributed by atoms with Crippen LogP contribution in [0.1, 0.15) is 31.9 Å². The molecule has 0 aliphatic heterocycles. The fraction of sp³-hybridized carbons (Fsp3) is 0.667. The van der Waals surface area contributed by atoms with Gasteiger partial charge in [-0.3, -0.25) is 9.97 Å². The monoisotopic (exact) mass is 203 g/mol. The average molecular weight is 203 g/mol. The van der Waals surface area contributed by atoms with Crippen LogP contribution in [0.15, 0.2) is 18.6 Å². The predicted molar refractivity (Wildman–Crippen MR) is 58.5 cm³/mol. The molecule has 2 aliphatic carbocycles. The smallest absolute Gasteiger partial charge is 0.0648 e. The summed E-state index contributed by atoms with van der Waals surface area (Å²) in [5, 5.41) is 3.60. The summed E-state index contributed by atoms with van der Waals surface area (Å²) in [7, 11) is 0. The molecule has 15 heavy (non-hydrogen) atoms. The Bertz CT molecular complexity index is 347. The molecule has 3 heteroatoms. The Hall–Kier alpha value is -0.960. The molecule has 0 radical (unpaired) electrons. The first-order chi connectivity index (χ1) is 7.29. The number of hydrogen-bond acceptors (Lipinski definition) is 3. The van der Waals surface area contributed by atoms with E-state index in [0.29, 0.717) is 0 Å². The fourth-order valence-electron chi connectivity index (χ4n) is 2.25. The van der Waals surface area contributed by atoms with Gasteiger partial charge in [0.25, 0.3) is 0 Å². The van der Waals surface area contributed by atoms with Crippen LogP contribution in [-0.4, -0.2) is 22.6 Å². The zero-order valence-electron chi connectivity index (χ0n) is 9.11. The highest BCUT2D eigenvalue weighted by atomic mass is 15.0. The highest BCUT2D eigenvalue weighted by molar-refractivity contribution is 5.24. The molecule has 80 valence electrons. The molecule has 2 fully saturated rings. The highest BCUT2D eigenvalue weighted by Crippen LogP contribution is 2.52. The molecule has 0 saturated heterocycles. The lowest BCUT2D eigenvalue weighted by Gasteiger charge is -2.10. The van der Waals surface area contributed by atoms with Crippen molar-refractivity contribution in [3.8, 4) is 0 Å². The first kappa shape index (κ1) is 9.28. The lowest BCUT2D eigenvalue weighted by atomic mass is 10.0. The van der Waals surface area contributed by atoms with Crippen LogP contribution in [0.5, 0.6) is 0 Å². The maximum absolute atomic E-state index is 4.42. The van der Waals surface area contributed by atoms with Crippen LogP contribution < -0.4 is 5.32 Å². The minimum absolute atomic E-state index is 0.288. The van der Waals surface area contributed by atoms with Crippen LogP contribution in [0.25, 0.3) is 0 Å². The minimum atomic E-state index is 0.288. The third-order valence-electron chi connectivity index (χ3n) is 3.79. The highest BCUT2D eigenvalue weighted by Gasteiger charge is 2.52. The van der Waals surface area contributed by atoms with Crippen molar-refractivity contribution in [3.05, 3.63) is 24.3 Å². The van der Waals surface area contributed by atoms with Crippen LogP contribution in [-0.2, 0) is 5.41 Å². The molecule has 1 aromatic heterocycles. The van der Waals surface area contributed by atoms with E-state index in [1.165, 1.54) is 19.3 Å². The van der Waals surface area contributed by atoms with Gasteiger partial charge < -0.3 is 5.32 Å². The Labute approximate surface area is 90.3 Å². The van der Waals surface area contributed by atoms with Gasteiger partial charge >= 0.3 is 0 Å². The summed E-state index contributed by atoms with van der Waals surface area (Å²) in [6.45, 7) is 3.45. The van der Waals surface area contributed by atoms with E-state index < -0.39 is 0 Å². The van der Waals surface area contributed by atoms with Gasteiger partial charge in [-0.25, -0.2) is 0 Å². The topological polar surface area (TPSA) is 37.8 Å². The maximum Gasteiger partial charge on any atom is 0.0648 e. The molecule has 2 saturated carbocycles. The lowest BCUT2D eigenvalue weighted by Crippen LogP contribution is -2.22. The number of rotatable bonds is 4. The molecule has 0 bridgehead atoms. The number of nitrogens with one attached hydrogen (secondary N) is 1. The van der Waals surface area contributed by atoms with Crippen LogP contribution in [0.4, 0.5) is 0 Å². The van der Waals surface area contributed by atoms with Crippen LogP contribution in [0.2, 0.25) is 0 Å². The van der Waals surface area contributed by atoms with Crippen LogP contribution in [0, 0.1) is 5.92 Å². The van der Waals surface area contributed by atoms with Crippen molar-refractivity contribution >= 4 is 0 Å². The van der Waals surface area contributed by atoms with Crippen molar-refractivity contribution in [3.63, 3.8) is 0 Å². The number of aromatic nitrogens is 2. The Morgan fingerprint density at radius 2 is 2.33 bits per heavy atom. The average Bonchev–Trinajstić information content (AvgIpc) is 3.14. The van der Waals surface area contributed by atoms with E-state index >= 15 is 0 Å². The summed E-state index contributed by atoms with van der Waals surface area (Å²) in [4.78, 5) is 8.57. The van der Waals surface area contributed by atoms with E-state index in [1.54, 1.807) is 12.4 Å². The lowest BCUT2D eigenvalue weighted by molar-refractivity contribution is 0.566. The van der Waals surface area contributed by atoms with Crippen LogP contribution >= 0.6 is 0 Å². The van der Waals surface area contributed by atoms with Gasteiger partial charge in [-0.05, 0) is 31.7 Å². The summed E-state index contributed by atoms with van der Waals surface area (Å²) >= 11 is 0. The summed E-state index contributed by atoms with van der Waals surface area (Å²) in [5.41, 5.74) is 1.45. The molecule has 2 atom stereocenters. The molecule has 2 aliphatic rings. The molecular formula is C12H17N3. The SMILES string of the molecule is CC1(c2cnccn2)CC1CNC1CC1. The van der Waals surface area contributed by atoms with E-state index in [-0.39, 0.29) is 5.41 Å². The van der Waals surface area contributed by atoms with E-state index in [1.807, 2.05) is 6.20 Å². The second kappa shape index (κ2) is 3.27. The van der Waals surface area contributed by atoms with Gasteiger partial charge in [-0.1, -0.05) is 6.92 Å². The van der Waals surface area contributed by atoms with Gasteiger partial charge in [0.2, 0.25) is 0 Å². The summed E-state index contributed by atoms with van der Waals surface area (Å²) in [6.07, 6.45) is 9.45. The van der Waals surface area contributed by atoms with Crippen molar-refractivity contribution in [2.45, 2.75) is 37.6 Å². The Kier molecular flexibility index (Phi) is 2.02. The molecular weight excluding hydrogens is 186 g/mol. The van der Waals surface area contributed by atoms with Gasteiger partial charge in [-0.2, -0.15) is 0 Å². The second-order valence-corrected chi connectivity index (χ2v) is 5.09. The molecule has 0 amide bonds. The molecule has 0 aromatic carbocycles. The van der Waals surface area contributed by atoms with Gasteiger partial charge in [0.15, 0.2) is 0 Å². The van der Waals surface area contributed by atoms with Crippen molar-refractivity contribution in [2.75, 3.05) is 6.54 Å². The number of nitrogens with zero attached hydrogens (tertiary/aromatic N) is 2. The molecule has 3 nitrogen and oxygen atoms in total. The predicted octanol–water partition coefficient (Wildman–Crippen LogP) is 1.51. The first-order valence-corrected chi connectivity index (χ1v) is 5.79. The third kappa shape index (κ3) is 1.76. The molecule has 1 heterocycles. The van der Waals surface area contributed by atoms with Gasteiger partial charge in [0.05, 0.1) is 5.69 Å². The van der Waals surface area contributed by atoms with Crippen molar-refractivity contribution in [2.24, 2.45) is 5.92 Å². The molecule has 3 rings (SSSR count). The summed E-state index contributed by atoms with van der Waals surface area (Å²) < 4.78 is 0. The Morgan fingerprint density at radius 3 is 3.00 bits per heavy atom. The van der Waals surface area contributed by atoms with Crippen LogP contribution in [0.3, 0.4) is 0 Å². The normalized spacial score (nSPS) is 34.1. The third-order valence-corrected chi connectivity index (χ3v) is 3.79. The standard InChI is InChI=1S/C12H17N3/c1-12(11-8-13-4-5-14-11)6-9(12)7-15-10-2-3-10/h4-5,8-10,15H,2-3,6-7H2,1H3. The maximum atomic E-state index is 4.42. The first-order valence-electron chi connectivity index (χ1n) is 5.79. The summed E-state index contributed by atoms with van der Waals surface area (Å²) in [5.74, 6) is 0.759. The summed E-state index contributed by atoms with van der Waals surface area (Å²) in [6, 6.07) is 0.816. The second-order valence-electron chi connectivity index (χ2n) is 5.09. The number of hydrogen-bond donors (Lipinski definition) is 1. The Morgan fingerprint density at radius 1 is 1.47 bits per heavy atom. The molecule has 1 N–H and O–H groups in total. The van der Waals surface area contributed by atoms with Gasteiger partial charge in [-0.15, -0.1) is 0 Å². The quantitative estimate of drug-likeness (QED) is 0.806. The minimum Gasteiger partial charge on any atom is -0.314 e. The molecule has 0 spiro atoms. The van der Waals surface area contributed by atoms with Crippen molar-refractivity contribution in [1.82, 2.24) is 15.3 Å². The fourth-order valence-corrected chi connectivity index (χ4v) is 2.25. The zero-order valence-corrected chi connectivity index (χ0v) is 9.11. The van der Waals surface area contributed by atoms with E-state index in [0.717, 1.165) is 24.2 Å². The molecule has 2 unspecified atom stereocenters. The Balaban J connectivity index is 1.62. The molecule has 1 aromatic rings. The van der Waals surface area contributed by atoms with Crippen molar-refractivity contribution < 1.29 is 0 Å². The van der Waals surface area contributed by atoms with E-state index in [2.05, 4.69) is 22.2 Å². The van der Waals surface area contributed by atoms with Gasteiger partial charge in [0, 0.05) is 30.0 Å². The zero-order chi connectivity index (χ0) is 10.3.